The van der Waals surface area contributed by atoms with Crippen LogP contribution in [-0.2, 0) is 4.79 Å². The second-order valence-electron chi connectivity index (χ2n) is 3.97. The van der Waals surface area contributed by atoms with Gasteiger partial charge in [0.1, 0.15) is 0 Å². The van der Waals surface area contributed by atoms with Gasteiger partial charge in [-0.2, -0.15) is 0 Å². The topological polar surface area (TPSA) is 49.3 Å². The van der Waals surface area contributed by atoms with E-state index in [9.17, 15) is 4.79 Å². The molecule has 0 aromatic carbocycles. The summed E-state index contributed by atoms with van der Waals surface area (Å²) in [6.45, 7) is 7.18. The summed E-state index contributed by atoms with van der Waals surface area (Å²) in [5.41, 5.74) is 0. The van der Waals surface area contributed by atoms with Crippen molar-refractivity contribution in [1.29, 1.82) is 0 Å². The summed E-state index contributed by atoms with van der Waals surface area (Å²) in [6, 6.07) is 0.489. The Labute approximate surface area is 86.9 Å². The molecule has 14 heavy (non-hydrogen) atoms. The lowest BCUT2D eigenvalue weighted by Gasteiger charge is -2.18. The summed E-state index contributed by atoms with van der Waals surface area (Å²) >= 11 is 0. The minimum Gasteiger partial charge on any atom is -0.481 e. The number of hydrogen-bond acceptors (Lipinski definition) is 2. The number of carbonyl (C=O) groups is 1. The van der Waals surface area contributed by atoms with Gasteiger partial charge in [-0.3, -0.25) is 4.79 Å². The molecule has 0 fully saturated rings. The summed E-state index contributed by atoms with van der Waals surface area (Å²) in [5.74, 6) is -0.402. The van der Waals surface area contributed by atoms with Gasteiger partial charge < -0.3 is 10.4 Å². The smallest absolute Gasteiger partial charge is 0.303 e. The van der Waals surface area contributed by atoms with Crippen LogP contribution >= 0.6 is 0 Å². The third-order valence-corrected chi connectivity index (χ3v) is 2.53. The van der Waals surface area contributed by atoms with Gasteiger partial charge in [-0.1, -0.05) is 20.3 Å². The molecule has 2 N–H and O–H groups in total. The van der Waals surface area contributed by atoms with Crippen LogP contribution in [0.25, 0.3) is 0 Å². The predicted octanol–water partition coefficient (Wildman–Crippen LogP) is 2.27. The van der Waals surface area contributed by atoms with E-state index in [1.807, 2.05) is 0 Å². The van der Waals surface area contributed by atoms with Crippen LogP contribution in [0.3, 0.4) is 0 Å². The van der Waals surface area contributed by atoms with Gasteiger partial charge in [-0.05, 0) is 32.2 Å². The Morgan fingerprint density at radius 2 is 2.07 bits per heavy atom. The van der Waals surface area contributed by atoms with Crippen LogP contribution in [0.1, 0.15) is 46.5 Å². The maximum absolute atomic E-state index is 10.6. The Bertz CT molecular complexity index is 159. The molecule has 0 saturated carbocycles. The van der Waals surface area contributed by atoms with E-state index < -0.39 is 5.97 Å². The van der Waals surface area contributed by atoms with Crippen molar-refractivity contribution >= 4 is 5.97 Å². The highest BCUT2D eigenvalue weighted by Gasteiger charge is 2.12. The van der Waals surface area contributed by atoms with Crippen molar-refractivity contribution in [3.05, 3.63) is 0 Å². The standard InChI is InChI=1S/C11H23NO2/c1-4-6-10(7-11(13)14)8-12-9(3)5-2/h9-10,12H,4-8H2,1-3H3,(H,13,14). The van der Waals surface area contributed by atoms with Crippen LogP contribution in [0.2, 0.25) is 0 Å². The summed E-state index contributed by atoms with van der Waals surface area (Å²) in [5, 5.41) is 12.1. The molecule has 0 bridgehead atoms. The Morgan fingerprint density at radius 1 is 1.43 bits per heavy atom. The Kier molecular flexibility index (Phi) is 7.48. The lowest BCUT2D eigenvalue weighted by molar-refractivity contribution is -0.138. The fraction of sp³-hybridized carbons (Fsp3) is 0.909. The number of rotatable bonds is 8. The van der Waals surface area contributed by atoms with Crippen LogP contribution in [0.4, 0.5) is 0 Å². The number of carboxylic acids is 1. The molecule has 2 unspecified atom stereocenters. The van der Waals surface area contributed by atoms with Crippen molar-refractivity contribution in [2.24, 2.45) is 5.92 Å². The Hall–Kier alpha value is -0.570. The molecule has 3 nitrogen and oxygen atoms in total. The SMILES string of the molecule is CCCC(CNC(C)CC)CC(=O)O. The molecule has 0 heterocycles. The zero-order valence-electron chi connectivity index (χ0n) is 9.55. The predicted molar refractivity (Wildman–Crippen MR) is 58.4 cm³/mol. The maximum atomic E-state index is 10.6. The van der Waals surface area contributed by atoms with Crippen LogP contribution in [0, 0.1) is 5.92 Å². The van der Waals surface area contributed by atoms with E-state index in [4.69, 9.17) is 5.11 Å². The zero-order valence-corrected chi connectivity index (χ0v) is 9.55. The average molecular weight is 201 g/mol. The fourth-order valence-electron chi connectivity index (χ4n) is 1.44. The highest BCUT2D eigenvalue weighted by molar-refractivity contribution is 5.67. The Morgan fingerprint density at radius 3 is 2.50 bits per heavy atom. The molecule has 0 aliphatic carbocycles. The summed E-state index contributed by atoms with van der Waals surface area (Å²) in [6.07, 6.45) is 3.43. The van der Waals surface area contributed by atoms with Crippen LogP contribution < -0.4 is 5.32 Å². The van der Waals surface area contributed by atoms with E-state index in [-0.39, 0.29) is 12.3 Å². The summed E-state index contributed by atoms with van der Waals surface area (Å²) in [7, 11) is 0. The van der Waals surface area contributed by atoms with E-state index in [0.29, 0.717) is 6.04 Å². The van der Waals surface area contributed by atoms with Gasteiger partial charge in [0.25, 0.3) is 0 Å². The van der Waals surface area contributed by atoms with Gasteiger partial charge in [-0.25, -0.2) is 0 Å². The normalized spacial score (nSPS) is 15.1. The number of hydrogen-bond donors (Lipinski definition) is 2. The molecule has 0 aromatic heterocycles. The zero-order chi connectivity index (χ0) is 11.0. The van der Waals surface area contributed by atoms with Crippen molar-refractivity contribution < 1.29 is 9.90 Å². The first-order chi connectivity index (χ1) is 6.60. The first kappa shape index (κ1) is 13.4. The van der Waals surface area contributed by atoms with E-state index in [1.165, 1.54) is 0 Å². The Balaban J connectivity index is 3.77. The van der Waals surface area contributed by atoms with Gasteiger partial charge in [-0.15, -0.1) is 0 Å². The average Bonchev–Trinajstić information content (AvgIpc) is 2.13. The molecular formula is C11H23NO2. The molecule has 0 saturated heterocycles. The minimum absolute atomic E-state index is 0.284. The monoisotopic (exact) mass is 201 g/mol. The molecule has 0 aliphatic heterocycles. The third kappa shape index (κ3) is 6.89. The highest BCUT2D eigenvalue weighted by atomic mass is 16.4. The largest absolute Gasteiger partial charge is 0.481 e. The number of nitrogens with one attached hydrogen (secondary N) is 1. The molecule has 0 spiro atoms. The van der Waals surface area contributed by atoms with Crippen molar-refractivity contribution in [3.8, 4) is 0 Å². The molecule has 84 valence electrons. The van der Waals surface area contributed by atoms with Gasteiger partial charge >= 0.3 is 5.97 Å². The first-order valence-corrected chi connectivity index (χ1v) is 5.55. The second-order valence-corrected chi connectivity index (χ2v) is 3.97. The van der Waals surface area contributed by atoms with Gasteiger partial charge in [0, 0.05) is 12.5 Å². The summed E-state index contributed by atoms with van der Waals surface area (Å²) in [4.78, 5) is 10.6. The molecule has 0 amide bonds. The fourth-order valence-corrected chi connectivity index (χ4v) is 1.44. The van der Waals surface area contributed by atoms with Crippen molar-refractivity contribution in [2.75, 3.05) is 6.54 Å². The van der Waals surface area contributed by atoms with Crippen LogP contribution in [0.15, 0.2) is 0 Å². The molecule has 0 aliphatic rings. The first-order valence-electron chi connectivity index (χ1n) is 5.55. The molecule has 2 atom stereocenters. The van der Waals surface area contributed by atoms with Crippen LogP contribution in [0.5, 0.6) is 0 Å². The highest BCUT2D eigenvalue weighted by Crippen LogP contribution is 2.10. The van der Waals surface area contributed by atoms with E-state index in [1.54, 1.807) is 0 Å². The quantitative estimate of drug-likeness (QED) is 0.633. The van der Waals surface area contributed by atoms with E-state index in [0.717, 1.165) is 25.8 Å². The minimum atomic E-state index is -0.686. The lowest BCUT2D eigenvalue weighted by Crippen LogP contribution is -2.31. The van der Waals surface area contributed by atoms with Gasteiger partial charge in [0.15, 0.2) is 0 Å². The summed E-state index contributed by atoms with van der Waals surface area (Å²) < 4.78 is 0. The molecule has 3 heteroatoms. The van der Waals surface area contributed by atoms with Crippen molar-refractivity contribution in [3.63, 3.8) is 0 Å². The molecule has 0 radical (unpaired) electrons. The third-order valence-electron chi connectivity index (χ3n) is 2.53. The van der Waals surface area contributed by atoms with Gasteiger partial charge in [0.05, 0.1) is 0 Å². The van der Waals surface area contributed by atoms with Crippen molar-refractivity contribution in [1.82, 2.24) is 5.32 Å². The van der Waals surface area contributed by atoms with Gasteiger partial charge in [0.2, 0.25) is 0 Å². The van der Waals surface area contributed by atoms with Crippen LogP contribution in [-0.4, -0.2) is 23.7 Å². The van der Waals surface area contributed by atoms with E-state index >= 15 is 0 Å². The molecular weight excluding hydrogens is 178 g/mol. The maximum Gasteiger partial charge on any atom is 0.303 e. The molecule has 0 rings (SSSR count). The number of carboxylic acid groups (broad SMARTS) is 1. The lowest BCUT2D eigenvalue weighted by atomic mass is 9.99. The van der Waals surface area contributed by atoms with Crippen molar-refractivity contribution in [2.45, 2.75) is 52.5 Å². The molecule has 0 aromatic rings. The second kappa shape index (κ2) is 7.80. The number of aliphatic carboxylic acids is 1. The van der Waals surface area contributed by atoms with E-state index in [2.05, 4.69) is 26.1 Å².